The van der Waals surface area contributed by atoms with Crippen molar-refractivity contribution in [1.82, 2.24) is 20.2 Å². The first kappa shape index (κ1) is 15.1. The van der Waals surface area contributed by atoms with Crippen molar-refractivity contribution in [3.63, 3.8) is 0 Å². The first-order valence-corrected chi connectivity index (χ1v) is 7.26. The van der Waals surface area contributed by atoms with Crippen LogP contribution in [0.3, 0.4) is 0 Å². The van der Waals surface area contributed by atoms with Gasteiger partial charge in [0.05, 0.1) is 11.8 Å². The number of amides is 2. The number of likely N-dealkylation sites (tertiary alicyclic amines) is 1. The molecule has 2 amide bonds. The molecule has 0 spiro atoms. The number of nitrogens with zero attached hydrogens (tertiary/aromatic N) is 3. The van der Waals surface area contributed by atoms with E-state index in [1.165, 1.54) is 12.3 Å². The third-order valence-corrected chi connectivity index (χ3v) is 3.71. The second kappa shape index (κ2) is 6.51. The molecule has 0 bridgehead atoms. The summed E-state index contributed by atoms with van der Waals surface area (Å²) in [5, 5.41) is 2.75. The summed E-state index contributed by atoms with van der Waals surface area (Å²) in [4.78, 5) is 33.6. The van der Waals surface area contributed by atoms with Gasteiger partial charge in [-0.1, -0.05) is 6.07 Å². The molecule has 0 aliphatic carbocycles. The Bertz CT molecular complexity index is 723. The number of halogens is 1. The Morgan fingerprint density at radius 1 is 1.26 bits per heavy atom. The predicted molar refractivity (Wildman–Crippen MR) is 80.2 cm³/mol. The highest BCUT2D eigenvalue weighted by Gasteiger charge is 2.29. The molecule has 0 saturated carbocycles. The molecule has 1 aliphatic rings. The molecule has 2 aromatic heterocycles. The van der Waals surface area contributed by atoms with Gasteiger partial charge >= 0.3 is 0 Å². The largest absolute Gasteiger partial charge is 0.347 e. The van der Waals surface area contributed by atoms with Gasteiger partial charge in [-0.3, -0.25) is 19.6 Å². The highest BCUT2D eigenvalue weighted by Crippen LogP contribution is 2.14. The van der Waals surface area contributed by atoms with Gasteiger partial charge in [0.25, 0.3) is 11.8 Å². The van der Waals surface area contributed by atoms with E-state index in [0.29, 0.717) is 25.2 Å². The highest BCUT2D eigenvalue weighted by atomic mass is 19.1. The monoisotopic (exact) mass is 314 g/mol. The van der Waals surface area contributed by atoms with Crippen LogP contribution in [-0.2, 0) is 0 Å². The summed E-state index contributed by atoms with van der Waals surface area (Å²) in [6, 6.07) is 6.27. The predicted octanol–water partition coefficient (Wildman–Crippen LogP) is 1.26. The van der Waals surface area contributed by atoms with Gasteiger partial charge in [0.2, 0.25) is 0 Å². The number of nitrogens with one attached hydrogen (secondary N) is 1. The van der Waals surface area contributed by atoms with E-state index in [1.807, 2.05) is 0 Å². The summed E-state index contributed by atoms with van der Waals surface area (Å²) in [7, 11) is 0. The first-order chi connectivity index (χ1) is 11.1. The van der Waals surface area contributed by atoms with Gasteiger partial charge in [-0.05, 0) is 24.6 Å². The molecule has 7 heteroatoms. The summed E-state index contributed by atoms with van der Waals surface area (Å²) in [6.07, 6.45) is 4.55. The minimum Gasteiger partial charge on any atom is -0.347 e. The smallest absolute Gasteiger partial charge is 0.272 e. The second-order valence-electron chi connectivity index (χ2n) is 5.28. The molecule has 1 saturated heterocycles. The average Bonchev–Trinajstić information content (AvgIpc) is 3.03. The minimum absolute atomic E-state index is 0.0468. The van der Waals surface area contributed by atoms with Gasteiger partial charge in [0.15, 0.2) is 5.82 Å². The number of carbonyl (C=O) groups is 2. The van der Waals surface area contributed by atoms with Crippen molar-refractivity contribution in [3.05, 3.63) is 59.9 Å². The highest BCUT2D eigenvalue weighted by molar-refractivity contribution is 5.95. The fraction of sp³-hybridized carbons (Fsp3) is 0.250. The van der Waals surface area contributed by atoms with E-state index in [4.69, 9.17) is 0 Å². The molecular weight excluding hydrogens is 299 g/mol. The van der Waals surface area contributed by atoms with Crippen LogP contribution in [0.2, 0.25) is 0 Å². The quantitative estimate of drug-likeness (QED) is 0.925. The van der Waals surface area contributed by atoms with E-state index in [-0.39, 0.29) is 17.5 Å². The number of hydrogen-bond donors (Lipinski definition) is 1. The first-order valence-electron chi connectivity index (χ1n) is 7.26. The molecule has 3 heterocycles. The number of hydrogen-bond acceptors (Lipinski definition) is 4. The summed E-state index contributed by atoms with van der Waals surface area (Å²) >= 11 is 0. The van der Waals surface area contributed by atoms with Crippen molar-refractivity contribution >= 4 is 11.8 Å². The number of carbonyl (C=O) groups excluding carboxylic acids is 2. The number of aromatic nitrogens is 2. The molecule has 1 aliphatic heterocycles. The Hall–Kier alpha value is -2.83. The molecule has 3 rings (SSSR count). The van der Waals surface area contributed by atoms with Crippen molar-refractivity contribution in [2.45, 2.75) is 12.5 Å². The Morgan fingerprint density at radius 3 is 2.87 bits per heavy atom. The van der Waals surface area contributed by atoms with Crippen LogP contribution in [0.1, 0.15) is 27.3 Å². The molecule has 118 valence electrons. The molecule has 2 aromatic rings. The maximum atomic E-state index is 13.5. The summed E-state index contributed by atoms with van der Waals surface area (Å²) < 4.78 is 13.5. The Labute approximate surface area is 132 Å². The molecule has 23 heavy (non-hydrogen) atoms. The zero-order chi connectivity index (χ0) is 16.2. The average molecular weight is 314 g/mol. The Morgan fingerprint density at radius 2 is 2.13 bits per heavy atom. The molecule has 1 fully saturated rings. The lowest BCUT2D eigenvalue weighted by Crippen LogP contribution is -2.39. The van der Waals surface area contributed by atoms with Crippen LogP contribution in [0.25, 0.3) is 0 Å². The van der Waals surface area contributed by atoms with Crippen LogP contribution in [0.4, 0.5) is 4.39 Å². The van der Waals surface area contributed by atoms with E-state index in [1.54, 1.807) is 29.3 Å². The van der Waals surface area contributed by atoms with Crippen molar-refractivity contribution < 1.29 is 14.0 Å². The lowest BCUT2D eigenvalue weighted by Gasteiger charge is -2.16. The SMILES string of the molecule is O=C(N[C@@H]1CCN(C(=O)c2ccccn2)C1)c1ccncc1F. The zero-order valence-corrected chi connectivity index (χ0v) is 12.3. The van der Waals surface area contributed by atoms with Gasteiger partial charge in [-0.15, -0.1) is 0 Å². The fourth-order valence-corrected chi connectivity index (χ4v) is 2.54. The maximum absolute atomic E-state index is 13.5. The van der Waals surface area contributed by atoms with E-state index in [2.05, 4.69) is 15.3 Å². The van der Waals surface area contributed by atoms with Crippen LogP contribution in [0, 0.1) is 5.82 Å². The topological polar surface area (TPSA) is 75.2 Å². The van der Waals surface area contributed by atoms with Crippen molar-refractivity contribution in [3.8, 4) is 0 Å². The van der Waals surface area contributed by atoms with E-state index < -0.39 is 11.7 Å². The molecule has 0 unspecified atom stereocenters. The van der Waals surface area contributed by atoms with Crippen molar-refractivity contribution in [2.75, 3.05) is 13.1 Å². The Kier molecular flexibility index (Phi) is 4.27. The molecular formula is C16H15FN4O2. The van der Waals surface area contributed by atoms with Crippen LogP contribution in [0.15, 0.2) is 42.9 Å². The van der Waals surface area contributed by atoms with Crippen LogP contribution in [-0.4, -0.2) is 45.8 Å². The van der Waals surface area contributed by atoms with Gasteiger partial charge in [-0.2, -0.15) is 0 Å². The molecule has 0 aromatic carbocycles. The Balaban J connectivity index is 1.61. The minimum atomic E-state index is -0.663. The molecule has 0 radical (unpaired) electrons. The molecule has 1 N–H and O–H groups in total. The molecule has 1 atom stereocenters. The van der Waals surface area contributed by atoms with Gasteiger partial charge in [0.1, 0.15) is 5.69 Å². The fourth-order valence-electron chi connectivity index (χ4n) is 2.54. The second-order valence-corrected chi connectivity index (χ2v) is 5.28. The third-order valence-electron chi connectivity index (χ3n) is 3.71. The van der Waals surface area contributed by atoms with Gasteiger partial charge in [0, 0.05) is 31.5 Å². The zero-order valence-electron chi connectivity index (χ0n) is 12.3. The lowest BCUT2D eigenvalue weighted by molar-refractivity contribution is 0.0777. The van der Waals surface area contributed by atoms with Gasteiger partial charge < -0.3 is 10.2 Å². The van der Waals surface area contributed by atoms with E-state index >= 15 is 0 Å². The lowest BCUT2D eigenvalue weighted by atomic mass is 10.2. The van der Waals surface area contributed by atoms with Crippen LogP contribution in [0.5, 0.6) is 0 Å². The van der Waals surface area contributed by atoms with Crippen molar-refractivity contribution in [2.24, 2.45) is 0 Å². The number of rotatable bonds is 3. The summed E-state index contributed by atoms with van der Waals surface area (Å²) in [5.74, 6) is -1.33. The third kappa shape index (κ3) is 3.33. The van der Waals surface area contributed by atoms with E-state index in [0.717, 1.165) is 6.20 Å². The van der Waals surface area contributed by atoms with Crippen molar-refractivity contribution in [1.29, 1.82) is 0 Å². The normalized spacial score (nSPS) is 17.1. The van der Waals surface area contributed by atoms with Gasteiger partial charge in [-0.25, -0.2) is 4.39 Å². The van der Waals surface area contributed by atoms with E-state index in [9.17, 15) is 14.0 Å². The number of pyridine rings is 2. The van der Waals surface area contributed by atoms with Crippen LogP contribution >= 0.6 is 0 Å². The standard InChI is InChI=1S/C16H15FN4O2/c17-13-9-18-7-4-12(13)15(22)20-11-5-8-21(10-11)16(23)14-3-1-2-6-19-14/h1-4,6-7,9,11H,5,8,10H2,(H,20,22)/t11-/m1/s1. The van der Waals surface area contributed by atoms with Crippen LogP contribution < -0.4 is 5.32 Å². The summed E-state index contributed by atoms with van der Waals surface area (Å²) in [5.41, 5.74) is 0.328. The summed E-state index contributed by atoms with van der Waals surface area (Å²) in [6.45, 7) is 0.910. The molecule has 6 nitrogen and oxygen atoms in total. The maximum Gasteiger partial charge on any atom is 0.272 e.